The van der Waals surface area contributed by atoms with E-state index in [-0.39, 0.29) is 47.9 Å². The fourth-order valence-corrected chi connectivity index (χ4v) is 6.38. The molecule has 41 heavy (non-hydrogen) atoms. The number of anilines is 1. The van der Waals surface area contributed by atoms with E-state index in [1.54, 1.807) is 31.4 Å². The summed E-state index contributed by atoms with van der Waals surface area (Å²) in [7, 11) is 1.61. The topological polar surface area (TPSA) is 136 Å². The number of hydrogen-bond acceptors (Lipinski definition) is 9. The SMILES string of the molecule is CO[C@H]1[C@H](C2(C)O[C@@H]2CC=C(C)C)[C@]2(CC[C@H]1OC(=O)NC(=O)CSc1ccc(NC(=O)CCC(C)=O)cc1)CO2. The molecule has 4 rings (SSSR count). The number of allylic oxidation sites excluding steroid dienone is 1. The number of thioether (sulfide) groups is 1. The van der Waals surface area contributed by atoms with Gasteiger partial charge in [-0.25, -0.2) is 4.79 Å². The maximum absolute atomic E-state index is 12.7. The first-order valence-corrected chi connectivity index (χ1v) is 14.9. The van der Waals surface area contributed by atoms with E-state index in [2.05, 4.69) is 37.5 Å². The first-order valence-electron chi connectivity index (χ1n) is 14.0. The fraction of sp³-hybridized carbons (Fsp3) is 0.600. The van der Waals surface area contributed by atoms with E-state index in [0.29, 0.717) is 18.7 Å². The minimum Gasteiger partial charge on any atom is -0.443 e. The molecule has 0 aromatic heterocycles. The average molecular weight is 589 g/mol. The molecule has 10 nitrogen and oxygen atoms in total. The van der Waals surface area contributed by atoms with Crippen LogP contribution in [0.1, 0.15) is 59.8 Å². The maximum Gasteiger partial charge on any atom is 0.414 e. The minimum absolute atomic E-state index is 0.00925. The largest absolute Gasteiger partial charge is 0.443 e. The molecule has 1 saturated carbocycles. The highest BCUT2D eigenvalue weighted by molar-refractivity contribution is 8.00. The van der Waals surface area contributed by atoms with Crippen LogP contribution in [-0.4, -0.2) is 72.7 Å². The molecule has 3 aliphatic rings. The van der Waals surface area contributed by atoms with E-state index in [1.807, 2.05) is 0 Å². The third kappa shape index (κ3) is 7.97. The maximum atomic E-state index is 12.7. The lowest BCUT2D eigenvalue weighted by Crippen LogP contribution is -2.56. The van der Waals surface area contributed by atoms with Gasteiger partial charge in [-0.2, -0.15) is 0 Å². The number of amides is 3. The van der Waals surface area contributed by atoms with E-state index in [0.717, 1.165) is 17.7 Å². The molecule has 2 N–H and O–H groups in total. The highest BCUT2D eigenvalue weighted by atomic mass is 32.2. The standard InChI is InChI=1S/C30H40N2O8S/c1-18(2)6-12-23-29(4,40-23)27-26(37-5)22(14-15-30(27)17-38-30)39-28(36)32-25(35)16-41-21-10-8-20(9-11-21)31-24(34)13-7-19(3)33/h6,8-11,22-23,26-27H,7,12-17H2,1-5H3,(H,31,34)(H,32,35,36)/t22-,23-,26-,27-,29?,30+/m1/s1. The Morgan fingerprint density at radius 2 is 1.80 bits per heavy atom. The second kappa shape index (κ2) is 13.1. The summed E-state index contributed by atoms with van der Waals surface area (Å²) < 4.78 is 23.7. The van der Waals surface area contributed by atoms with Gasteiger partial charge in [-0.15, -0.1) is 11.8 Å². The summed E-state index contributed by atoms with van der Waals surface area (Å²) >= 11 is 1.25. The van der Waals surface area contributed by atoms with Crippen LogP contribution in [0.25, 0.3) is 0 Å². The van der Waals surface area contributed by atoms with Gasteiger partial charge in [0.1, 0.15) is 29.2 Å². The number of epoxide rings is 2. The quantitative estimate of drug-likeness (QED) is 0.207. The van der Waals surface area contributed by atoms with Crippen molar-refractivity contribution in [1.82, 2.24) is 5.32 Å². The van der Waals surface area contributed by atoms with Gasteiger partial charge in [0.2, 0.25) is 11.8 Å². The predicted octanol–water partition coefficient (Wildman–Crippen LogP) is 4.42. The van der Waals surface area contributed by atoms with Crippen molar-refractivity contribution in [3.8, 4) is 0 Å². The Hall–Kier alpha value is -2.73. The van der Waals surface area contributed by atoms with Gasteiger partial charge >= 0.3 is 6.09 Å². The monoisotopic (exact) mass is 588 g/mol. The molecule has 2 heterocycles. The van der Waals surface area contributed by atoms with Gasteiger partial charge in [-0.05, 0) is 71.2 Å². The molecule has 1 aromatic carbocycles. The first-order chi connectivity index (χ1) is 19.5. The molecule has 1 aliphatic carbocycles. The number of hydrogen-bond donors (Lipinski definition) is 2. The van der Waals surface area contributed by atoms with E-state index < -0.39 is 29.8 Å². The number of rotatable bonds is 12. The number of nitrogens with one attached hydrogen (secondary N) is 2. The molecular weight excluding hydrogens is 548 g/mol. The van der Waals surface area contributed by atoms with Gasteiger partial charge in [0.25, 0.3) is 0 Å². The van der Waals surface area contributed by atoms with Gasteiger partial charge in [0.05, 0.1) is 24.4 Å². The molecule has 1 unspecified atom stereocenters. The molecule has 224 valence electrons. The number of alkyl carbamates (subject to hydrolysis) is 1. The third-order valence-corrected chi connectivity index (χ3v) is 8.96. The summed E-state index contributed by atoms with van der Waals surface area (Å²) in [5.74, 6) is -0.849. The lowest BCUT2D eigenvalue weighted by Gasteiger charge is -2.42. The molecule has 11 heteroatoms. The van der Waals surface area contributed by atoms with Crippen LogP contribution in [0, 0.1) is 5.92 Å². The number of ether oxygens (including phenoxy) is 4. The smallest absolute Gasteiger partial charge is 0.414 e. The molecule has 2 saturated heterocycles. The number of Topliss-reactive ketones (excluding diaryl/α,β-unsaturated/α-hetero) is 1. The van der Waals surface area contributed by atoms with Crippen molar-refractivity contribution in [1.29, 1.82) is 0 Å². The number of carbonyl (C=O) groups is 4. The molecule has 1 spiro atoms. The van der Waals surface area contributed by atoms with Crippen molar-refractivity contribution in [2.45, 2.75) is 94.2 Å². The Kier molecular flexibility index (Phi) is 9.94. The Bertz CT molecular complexity index is 1180. The van der Waals surface area contributed by atoms with Gasteiger partial charge in [-0.3, -0.25) is 14.9 Å². The fourth-order valence-electron chi connectivity index (χ4n) is 5.68. The van der Waals surface area contributed by atoms with Crippen molar-refractivity contribution in [2.75, 3.05) is 24.8 Å². The number of ketones is 1. The number of benzene rings is 1. The Balaban J connectivity index is 1.25. The summed E-state index contributed by atoms with van der Waals surface area (Å²) in [4.78, 5) is 48.9. The van der Waals surface area contributed by atoms with Crippen molar-refractivity contribution in [3.05, 3.63) is 35.9 Å². The van der Waals surface area contributed by atoms with E-state index in [9.17, 15) is 19.2 Å². The lowest BCUT2D eigenvalue weighted by molar-refractivity contribution is -0.124. The zero-order valence-electron chi connectivity index (χ0n) is 24.3. The molecular formula is C30H40N2O8S. The molecule has 3 amide bonds. The molecule has 1 aromatic rings. The zero-order chi connectivity index (χ0) is 29.8. The van der Waals surface area contributed by atoms with Crippen molar-refractivity contribution in [2.24, 2.45) is 5.92 Å². The highest BCUT2D eigenvalue weighted by Crippen LogP contribution is 2.59. The highest BCUT2D eigenvalue weighted by Gasteiger charge is 2.72. The summed E-state index contributed by atoms with van der Waals surface area (Å²) in [5, 5.41) is 5.05. The van der Waals surface area contributed by atoms with Gasteiger partial charge < -0.3 is 29.1 Å². The summed E-state index contributed by atoms with van der Waals surface area (Å²) in [5.41, 5.74) is 1.06. The van der Waals surface area contributed by atoms with Crippen LogP contribution in [0.5, 0.6) is 0 Å². The number of methoxy groups -OCH3 is 1. The van der Waals surface area contributed by atoms with Crippen LogP contribution in [0.4, 0.5) is 10.5 Å². The van der Waals surface area contributed by atoms with Gasteiger partial charge in [-0.1, -0.05) is 11.6 Å². The second-order valence-electron chi connectivity index (χ2n) is 11.4. The summed E-state index contributed by atoms with van der Waals surface area (Å²) in [6.45, 7) is 8.28. The van der Waals surface area contributed by atoms with Crippen LogP contribution in [-0.2, 0) is 33.3 Å². The minimum atomic E-state index is -0.805. The van der Waals surface area contributed by atoms with Crippen LogP contribution in [0.2, 0.25) is 0 Å². The van der Waals surface area contributed by atoms with Crippen molar-refractivity contribution < 1.29 is 38.1 Å². The number of imide groups is 1. The Morgan fingerprint density at radius 3 is 2.41 bits per heavy atom. The summed E-state index contributed by atoms with van der Waals surface area (Å²) in [6, 6.07) is 6.97. The van der Waals surface area contributed by atoms with Gasteiger partial charge in [0, 0.05) is 30.5 Å². The Morgan fingerprint density at radius 1 is 1.10 bits per heavy atom. The molecule has 6 atom stereocenters. The average Bonchev–Trinajstić information content (AvgIpc) is 3.83. The van der Waals surface area contributed by atoms with Crippen LogP contribution in [0.3, 0.4) is 0 Å². The third-order valence-electron chi connectivity index (χ3n) is 7.95. The molecule has 0 radical (unpaired) electrons. The Labute approximate surface area is 245 Å². The lowest BCUT2D eigenvalue weighted by atomic mass is 9.68. The van der Waals surface area contributed by atoms with Crippen molar-refractivity contribution >= 4 is 41.1 Å². The van der Waals surface area contributed by atoms with Crippen LogP contribution >= 0.6 is 11.8 Å². The van der Waals surface area contributed by atoms with Gasteiger partial charge in [0.15, 0.2) is 0 Å². The zero-order valence-corrected chi connectivity index (χ0v) is 25.1. The number of carbonyl (C=O) groups excluding carboxylic acids is 4. The van der Waals surface area contributed by atoms with Crippen molar-refractivity contribution in [3.63, 3.8) is 0 Å². The van der Waals surface area contributed by atoms with Crippen LogP contribution in [0.15, 0.2) is 40.8 Å². The first kappa shape index (κ1) is 31.2. The molecule has 2 aliphatic heterocycles. The van der Waals surface area contributed by atoms with E-state index in [1.165, 1.54) is 24.3 Å². The van der Waals surface area contributed by atoms with Crippen LogP contribution < -0.4 is 10.6 Å². The predicted molar refractivity (Wildman–Crippen MR) is 154 cm³/mol. The van der Waals surface area contributed by atoms with E-state index in [4.69, 9.17) is 18.9 Å². The second-order valence-corrected chi connectivity index (χ2v) is 12.5. The van der Waals surface area contributed by atoms with E-state index >= 15 is 0 Å². The normalized spacial score (nSPS) is 29.8. The molecule has 0 bridgehead atoms. The molecule has 3 fully saturated rings. The summed E-state index contributed by atoms with van der Waals surface area (Å²) in [6.07, 6.45) is 2.87.